The van der Waals surface area contributed by atoms with Crippen LogP contribution in [0.4, 0.5) is 43.9 Å². The van der Waals surface area contributed by atoms with Gasteiger partial charge >= 0.3 is 14.1 Å². The minimum atomic E-state index is -4.41. The van der Waals surface area contributed by atoms with E-state index >= 15 is 0 Å². The molecule has 0 aliphatic rings. The normalized spacial score (nSPS) is 11.1. The Morgan fingerprint density at radius 2 is 0.655 bits per heavy atom. The van der Waals surface area contributed by atoms with Gasteiger partial charge in [0.2, 0.25) is 0 Å². The van der Waals surface area contributed by atoms with Crippen LogP contribution in [0.25, 0.3) is 0 Å². The summed E-state index contributed by atoms with van der Waals surface area (Å²) in [6.45, 7) is 0. The number of benzene rings is 3. The van der Waals surface area contributed by atoms with Gasteiger partial charge < -0.3 is 0 Å². The van der Waals surface area contributed by atoms with Gasteiger partial charge in [0, 0.05) is 0 Å². The SMILES string of the molecule is Fc1c(F)c(F)[c]([Al]([c]2ccccc2)[c]2c(F)c(F)c(F)c(F)c2F)c(F)c1F. The molecule has 0 spiro atoms. The first-order valence-corrected chi connectivity index (χ1v) is 9.40. The summed E-state index contributed by atoms with van der Waals surface area (Å²) < 4.78 is 135. The van der Waals surface area contributed by atoms with Crippen molar-refractivity contribution in [3.05, 3.63) is 88.5 Å². The maximum absolute atomic E-state index is 14.4. The van der Waals surface area contributed by atoms with Crippen LogP contribution >= 0.6 is 0 Å². The van der Waals surface area contributed by atoms with E-state index in [2.05, 4.69) is 0 Å². The average molecular weight is 438 g/mol. The molecule has 0 saturated carbocycles. The Morgan fingerprint density at radius 1 is 0.379 bits per heavy atom. The van der Waals surface area contributed by atoms with Gasteiger partial charge in [-0.05, 0) is 8.85 Å². The molecular formula is C18H5AlF10. The third kappa shape index (κ3) is 3.28. The molecule has 3 aromatic carbocycles. The molecule has 0 aromatic heterocycles. The molecule has 0 heterocycles. The largest absolute Gasteiger partial charge is 0.403 e. The molecule has 3 aromatic rings. The van der Waals surface area contributed by atoms with Crippen molar-refractivity contribution in [2.75, 3.05) is 0 Å². The third-order valence-electron chi connectivity index (χ3n) is 4.20. The van der Waals surface area contributed by atoms with Crippen molar-refractivity contribution in [1.29, 1.82) is 0 Å². The van der Waals surface area contributed by atoms with Crippen molar-refractivity contribution in [2.24, 2.45) is 0 Å². The lowest BCUT2D eigenvalue weighted by molar-refractivity contribution is 0.382. The van der Waals surface area contributed by atoms with E-state index in [1.165, 1.54) is 18.2 Å². The van der Waals surface area contributed by atoms with E-state index in [-0.39, 0.29) is 4.43 Å². The zero-order valence-corrected chi connectivity index (χ0v) is 14.9. The highest BCUT2D eigenvalue weighted by Crippen LogP contribution is 2.20. The number of halogens is 10. The summed E-state index contributed by atoms with van der Waals surface area (Å²) in [5.74, 6) is -24.3. The van der Waals surface area contributed by atoms with Gasteiger partial charge in [-0.2, -0.15) is 0 Å². The third-order valence-corrected chi connectivity index (χ3v) is 7.42. The highest BCUT2D eigenvalue weighted by atomic mass is 27.2. The molecule has 11 heteroatoms. The molecule has 0 radical (unpaired) electrons. The molecule has 150 valence electrons. The van der Waals surface area contributed by atoms with Crippen LogP contribution in [-0.2, 0) is 0 Å². The number of hydrogen-bond donors (Lipinski definition) is 0. The van der Waals surface area contributed by atoms with Crippen LogP contribution in [0, 0.1) is 58.2 Å². The Hall–Kier alpha value is -2.51. The van der Waals surface area contributed by atoms with Gasteiger partial charge in [-0.3, -0.25) is 0 Å². The van der Waals surface area contributed by atoms with Crippen LogP contribution < -0.4 is 13.3 Å². The molecule has 0 atom stereocenters. The monoisotopic (exact) mass is 438 g/mol. The van der Waals surface area contributed by atoms with Crippen LogP contribution in [0.1, 0.15) is 0 Å². The van der Waals surface area contributed by atoms with Gasteiger partial charge in [0.25, 0.3) is 0 Å². The summed E-state index contributed by atoms with van der Waals surface area (Å²) >= 11 is -4.41. The minimum absolute atomic E-state index is 0.348. The average Bonchev–Trinajstić information content (AvgIpc) is 2.73. The highest BCUT2D eigenvalue weighted by molar-refractivity contribution is 6.95. The standard InChI is InChI=1S/2C6F5.C6H5.Al/c2*7-2-1-3(8)5(10)6(11)4(2)9;1-2-4-6-5-3-1;/h;;1-5H;. The Morgan fingerprint density at radius 3 is 0.966 bits per heavy atom. The molecule has 0 aliphatic heterocycles. The van der Waals surface area contributed by atoms with E-state index in [1.54, 1.807) is 0 Å². The summed E-state index contributed by atoms with van der Waals surface area (Å²) in [5.41, 5.74) is 0. The van der Waals surface area contributed by atoms with Crippen molar-refractivity contribution >= 4 is 27.4 Å². The van der Waals surface area contributed by atoms with Crippen LogP contribution in [0.15, 0.2) is 30.3 Å². The fourth-order valence-corrected chi connectivity index (χ4v) is 5.96. The first-order valence-electron chi connectivity index (χ1n) is 7.67. The smallest absolute Gasteiger partial charge is 0.205 e. The predicted molar refractivity (Wildman–Crippen MR) is 83.6 cm³/mol. The summed E-state index contributed by atoms with van der Waals surface area (Å²) in [7, 11) is 0. The fraction of sp³-hybridized carbons (Fsp3) is 0. The Kier molecular flexibility index (Phi) is 5.65. The Labute approximate surface area is 160 Å². The minimum Gasteiger partial charge on any atom is -0.205 e. The van der Waals surface area contributed by atoms with E-state index in [4.69, 9.17) is 0 Å². The van der Waals surface area contributed by atoms with Gasteiger partial charge in [0.05, 0.1) is 0 Å². The molecule has 0 bridgehead atoms. The second kappa shape index (κ2) is 7.73. The molecule has 0 unspecified atom stereocenters. The molecule has 0 aliphatic carbocycles. The quantitative estimate of drug-likeness (QED) is 0.254. The van der Waals surface area contributed by atoms with Gasteiger partial charge in [-0.1, -0.05) is 34.8 Å². The summed E-state index contributed by atoms with van der Waals surface area (Å²) in [4.78, 5) is 0. The molecule has 0 amide bonds. The molecule has 0 nitrogen and oxygen atoms in total. The zero-order valence-electron chi connectivity index (χ0n) is 13.7. The van der Waals surface area contributed by atoms with E-state index in [0.717, 1.165) is 12.1 Å². The maximum Gasteiger partial charge on any atom is 0.403 e. The van der Waals surface area contributed by atoms with Crippen molar-refractivity contribution in [1.82, 2.24) is 0 Å². The van der Waals surface area contributed by atoms with E-state index in [0.29, 0.717) is 0 Å². The lowest BCUT2D eigenvalue weighted by Crippen LogP contribution is -2.58. The van der Waals surface area contributed by atoms with Gasteiger partial charge in [-0.25, -0.2) is 43.9 Å². The predicted octanol–water partition coefficient (Wildman–Crippen LogP) is 3.59. The van der Waals surface area contributed by atoms with Crippen LogP contribution in [0.5, 0.6) is 0 Å². The van der Waals surface area contributed by atoms with Crippen LogP contribution in [0.2, 0.25) is 0 Å². The molecule has 0 fully saturated rings. The van der Waals surface area contributed by atoms with Gasteiger partial charge in [-0.15, -0.1) is 0 Å². The van der Waals surface area contributed by atoms with E-state index in [1.807, 2.05) is 0 Å². The topological polar surface area (TPSA) is 0 Å². The Balaban J connectivity index is 2.50. The zero-order chi connectivity index (χ0) is 21.6. The molecule has 3 rings (SSSR count). The van der Waals surface area contributed by atoms with Gasteiger partial charge in [0.15, 0.2) is 58.2 Å². The summed E-state index contributed by atoms with van der Waals surface area (Å²) in [6, 6.07) is 5.80. The first-order chi connectivity index (χ1) is 13.6. The van der Waals surface area contributed by atoms with Crippen LogP contribution in [0.3, 0.4) is 0 Å². The maximum atomic E-state index is 14.4. The molecule has 29 heavy (non-hydrogen) atoms. The molecule has 0 saturated heterocycles. The molecular weight excluding hydrogens is 433 g/mol. The molecule has 0 N–H and O–H groups in total. The fourth-order valence-electron chi connectivity index (χ4n) is 2.87. The Bertz CT molecular complexity index is 986. The summed E-state index contributed by atoms with van der Waals surface area (Å²) in [6.07, 6.45) is 0. The van der Waals surface area contributed by atoms with E-state index in [9.17, 15) is 43.9 Å². The van der Waals surface area contributed by atoms with Gasteiger partial charge in [0.1, 0.15) is 0 Å². The van der Waals surface area contributed by atoms with Crippen molar-refractivity contribution in [3.63, 3.8) is 0 Å². The second-order valence-electron chi connectivity index (χ2n) is 5.81. The second-order valence-corrected chi connectivity index (χ2v) is 8.50. The number of hydrogen-bond acceptors (Lipinski definition) is 0. The van der Waals surface area contributed by atoms with Crippen molar-refractivity contribution in [3.8, 4) is 0 Å². The lowest BCUT2D eigenvalue weighted by atomic mass is 10.3. The van der Waals surface area contributed by atoms with Crippen molar-refractivity contribution < 1.29 is 43.9 Å². The first kappa shape index (κ1) is 21.2. The number of rotatable bonds is 3. The van der Waals surface area contributed by atoms with E-state index < -0.39 is 81.2 Å². The summed E-state index contributed by atoms with van der Waals surface area (Å²) in [5, 5.41) is 0. The van der Waals surface area contributed by atoms with Crippen molar-refractivity contribution in [2.45, 2.75) is 0 Å². The van der Waals surface area contributed by atoms with Crippen LogP contribution in [-0.4, -0.2) is 14.1 Å². The highest BCUT2D eigenvalue weighted by Gasteiger charge is 2.42. The lowest BCUT2D eigenvalue weighted by Gasteiger charge is -2.18.